The molecule has 2 unspecified atom stereocenters. The molecule has 1 aliphatic rings. The van der Waals surface area contributed by atoms with Crippen molar-refractivity contribution in [1.29, 1.82) is 0 Å². The topological polar surface area (TPSA) is 94.0 Å². The van der Waals surface area contributed by atoms with Crippen LogP contribution in [0.3, 0.4) is 0 Å². The van der Waals surface area contributed by atoms with Crippen LogP contribution < -0.4 is 5.73 Å². The maximum atomic E-state index is 11.4. The molecule has 0 aliphatic carbocycles. The van der Waals surface area contributed by atoms with E-state index in [-0.39, 0.29) is 11.9 Å². The Morgan fingerprint density at radius 1 is 1.50 bits per heavy atom. The summed E-state index contributed by atoms with van der Waals surface area (Å²) in [7, 11) is 0. The predicted octanol–water partition coefficient (Wildman–Crippen LogP) is 1.87. The highest BCUT2D eigenvalue weighted by atomic mass is 35.5. The molecule has 1 aliphatic heterocycles. The van der Waals surface area contributed by atoms with Crippen molar-refractivity contribution in [3.8, 4) is 0 Å². The van der Waals surface area contributed by atoms with Crippen LogP contribution in [0.5, 0.6) is 0 Å². The summed E-state index contributed by atoms with van der Waals surface area (Å²) in [5.74, 6) is -1.04. The minimum atomic E-state index is -0.912. The molecule has 3 N–H and O–H groups in total. The van der Waals surface area contributed by atoms with E-state index in [4.69, 9.17) is 17.3 Å². The van der Waals surface area contributed by atoms with Gasteiger partial charge in [-0.3, -0.25) is 4.79 Å². The number of benzene rings is 1. The Balaban J connectivity index is 1.99. The minimum absolute atomic E-state index is 0.0309. The molecule has 1 aromatic carbocycles. The molecule has 0 spiro atoms. The second-order valence-corrected chi connectivity index (χ2v) is 5.33. The number of carboxylic acids is 1. The summed E-state index contributed by atoms with van der Waals surface area (Å²) in [6.45, 7) is 0.559. The third kappa shape index (κ3) is 2.22. The van der Waals surface area contributed by atoms with Crippen LogP contribution >= 0.6 is 11.6 Å². The fourth-order valence-corrected chi connectivity index (χ4v) is 2.85. The molecule has 20 heavy (non-hydrogen) atoms. The normalized spacial score (nSPS) is 21.4. The van der Waals surface area contributed by atoms with E-state index in [0.29, 0.717) is 23.8 Å². The standard InChI is InChI=1S/C13H13ClN4O2/c14-9-3-1-2-7(4-9)8-5-10(12(19)20)11-16-13(15)17-18(11)6-8/h1-4,8,10H,5-6H2,(H2,15,17)(H,19,20). The highest BCUT2D eigenvalue weighted by molar-refractivity contribution is 6.30. The zero-order chi connectivity index (χ0) is 14.3. The molecule has 0 bridgehead atoms. The number of carboxylic acid groups (broad SMARTS) is 1. The Hall–Kier alpha value is -2.08. The van der Waals surface area contributed by atoms with Crippen LogP contribution in [0.25, 0.3) is 0 Å². The monoisotopic (exact) mass is 292 g/mol. The number of halogens is 1. The Labute approximate surface area is 120 Å². The number of hydrogen-bond acceptors (Lipinski definition) is 4. The lowest BCUT2D eigenvalue weighted by Gasteiger charge is -2.27. The Bertz CT molecular complexity index is 670. The molecule has 0 amide bonds. The van der Waals surface area contributed by atoms with E-state index < -0.39 is 11.9 Å². The lowest BCUT2D eigenvalue weighted by Crippen LogP contribution is -2.28. The highest BCUT2D eigenvalue weighted by Gasteiger charge is 2.35. The minimum Gasteiger partial charge on any atom is -0.481 e. The molecule has 7 heteroatoms. The quantitative estimate of drug-likeness (QED) is 0.881. The first-order chi connectivity index (χ1) is 9.54. The zero-order valence-electron chi connectivity index (χ0n) is 10.5. The van der Waals surface area contributed by atoms with Gasteiger partial charge in [0.2, 0.25) is 5.95 Å². The summed E-state index contributed by atoms with van der Waals surface area (Å²) in [6.07, 6.45) is 0.466. The van der Waals surface area contributed by atoms with E-state index in [2.05, 4.69) is 10.1 Å². The van der Waals surface area contributed by atoms with Gasteiger partial charge < -0.3 is 10.8 Å². The van der Waals surface area contributed by atoms with Gasteiger partial charge in [0.15, 0.2) is 0 Å². The molecule has 3 rings (SSSR count). The second kappa shape index (κ2) is 4.79. The first-order valence-electron chi connectivity index (χ1n) is 6.23. The van der Waals surface area contributed by atoms with Gasteiger partial charge in [0.1, 0.15) is 11.7 Å². The summed E-state index contributed by atoms with van der Waals surface area (Å²) in [4.78, 5) is 15.4. The predicted molar refractivity (Wildman–Crippen MR) is 73.6 cm³/mol. The summed E-state index contributed by atoms with van der Waals surface area (Å²) < 4.78 is 1.59. The number of nitrogen functional groups attached to an aromatic ring is 1. The van der Waals surface area contributed by atoms with Crippen molar-refractivity contribution in [3.05, 3.63) is 40.7 Å². The van der Waals surface area contributed by atoms with Crippen molar-refractivity contribution in [2.24, 2.45) is 0 Å². The Morgan fingerprint density at radius 2 is 2.30 bits per heavy atom. The van der Waals surface area contributed by atoms with Gasteiger partial charge in [-0.2, -0.15) is 4.98 Å². The summed E-state index contributed by atoms with van der Waals surface area (Å²) in [6, 6.07) is 7.46. The van der Waals surface area contributed by atoms with Crippen LogP contribution in [-0.4, -0.2) is 25.8 Å². The average molecular weight is 293 g/mol. The largest absolute Gasteiger partial charge is 0.481 e. The van der Waals surface area contributed by atoms with Gasteiger partial charge in [-0.1, -0.05) is 23.7 Å². The van der Waals surface area contributed by atoms with Gasteiger partial charge in [0.05, 0.1) is 6.54 Å². The van der Waals surface area contributed by atoms with E-state index >= 15 is 0 Å². The molecule has 104 valence electrons. The number of hydrogen-bond donors (Lipinski definition) is 2. The molecule has 0 saturated heterocycles. The summed E-state index contributed by atoms with van der Waals surface area (Å²) in [5.41, 5.74) is 6.58. The first kappa shape index (κ1) is 12.9. The van der Waals surface area contributed by atoms with Gasteiger partial charge >= 0.3 is 5.97 Å². The molecule has 2 heterocycles. The van der Waals surface area contributed by atoms with Crippen molar-refractivity contribution in [3.63, 3.8) is 0 Å². The van der Waals surface area contributed by atoms with Gasteiger partial charge in [0.25, 0.3) is 0 Å². The van der Waals surface area contributed by atoms with Crippen molar-refractivity contribution in [2.75, 3.05) is 5.73 Å². The van der Waals surface area contributed by atoms with Crippen molar-refractivity contribution < 1.29 is 9.90 Å². The van der Waals surface area contributed by atoms with E-state index in [1.54, 1.807) is 10.7 Å². The van der Waals surface area contributed by atoms with Crippen LogP contribution in [-0.2, 0) is 11.3 Å². The number of aromatic nitrogens is 3. The lowest BCUT2D eigenvalue weighted by molar-refractivity contribution is -0.139. The number of fused-ring (bicyclic) bond motifs is 1. The molecular formula is C13H13ClN4O2. The number of aliphatic carboxylic acids is 1. The lowest BCUT2D eigenvalue weighted by atomic mass is 9.85. The average Bonchev–Trinajstić information content (AvgIpc) is 2.77. The van der Waals surface area contributed by atoms with Crippen LogP contribution in [0.1, 0.15) is 29.6 Å². The first-order valence-corrected chi connectivity index (χ1v) is 6.61. The Kier molecular flexibility index (Phi) is 3.10. The van der Waals surface area contributed by atoms with E-state index in [1.165, 1.54) is 0 Å². The fourth-order valence-electron chi connectivity index (χ4n) is 2.65. The fraction of sp³-hybridized carbons (Fsp3) is 0.308. The van der Waals surface area contributed by atoms with Crippen LogP contribution in [0.2, 0.25) is 5.02 Å². The summed E-state index contributed by atoms with van der Waals surface area (Å²) in [5, 5.41) is 14.1. The van der Waals surface area contributed by atoms with Crippen LogP contribution in [0, 0.1) is 0 Å². The van der Waals surface area contributed by atoms with Crippen molar-refractivity contribution in [1.82, 2.24) is 14.8 Å². The summed E-state index contributed by atoms with van der Waals surface area (Å²) >= 11 is 6.00. The smallest absolute Gasteiger partial charge is 0.314 e. The third-order valence-corrected chi connectivity index (χ3v) is 3.80. The number of nitrogens with zero attached hydrogens (tertiary/aromatic N) is 3. The molecule has 0 radical (unpaired) electrons. The van der Waals surface area contributed by atoms with E-state index in [9.17, 15) is 9.90 Å². The molecule has 2 atom stereocenters. The molecule has 6 nitrogen and oxygen atoms in total. The van der Waals surface area contributed by atoms with E-state index in [1.807, 2.05) is 18.2 Å². The van der Waals surface area contributed by atoms with Gasteiger partial charge in [-0.05, 0) is 24.1 Å². The number of nitrogens with two attached hydrogens (primary N) is 1. The third-order valence-electron chi connectivity index (χ3n) is 3.56. The highest BCUT2D eigenvalue weighted by Crippen LogP contribution is 2.36. The number of carbonyl (C=O) groups is 1. The number of rotatable bonds is 2. The molecule has 0 fully saturated rings. The van der Waals surface area contributed by atoms with Crippen molar-refractivity contribution >= 4 is 23.5 Å². The number of anilines is 1. The van der Waals surface area contributed by atoms with Gasteiger partial charge in [-0.15, -0.1) is 5.10 Å². The van der Waals surface area contributed by atoms with Crippen LogP contribution in [0.15, 0.2) is 24.3 Å². The van der Waals surface area contributed by atoms with Crippen LogP contribution in [0.4, 0.5) is 5.95 Å². The Morgan fingerprint density at radius 3 is 3.00 bits per heavy atom. The molecule has 0 saturated carbocycles. The molecular weight excluding hydrogens is 280 g/mol. The molecule has 1 aromatic heterocycles. The van der Waals surface area contributed by atoms with Crippen molar-refractivity contribution in [2.45, 2.75) is 24.8 Å². The maximum absolute atomic E-state index is 11.4. The van der Waals surface area contributed by atoms with Gasteiger partial charge in [-0.25, -0.2) is 4.68 Å². The van der Waals surface area contributed by atoms with Gasteiger partial charge in [0, 0.05) is 10.9 Å². The second-order valence-electron chi connectivity index (χ2n) is 4.89. The zero-order valence-corrected chi connectivity index (χ0v) is 11.3. The molecule has 2 aromatic rings. The SMILES string of the molecule is Nc1nc2n(n1)CC(c1cccc(Cl)c1)CC2C(=O)O. The maximum Gasteiger partial charge on any atom is 0.314 e. The van der Waals surface area contributed by atoms with E-state index in [0.717, 1.165) is 5.56 Å².